The zero-order chi connectivity index (χ0) is 16.2. The Morgan fingerprint density at radius 1 is 1.26 bits per heavy atom. The highest BCUT2D eigenvalue weighted by molar-refractivity contribution is 5.93. The minimum atomic E-state index is -0.424. The molecule has 0 bridgehead atoms. The van der Waals surface area contributed by atoms with Crippen molar-refractivity contribution in [2.24, 2.45) is 0 Å². The molecule has 0 aliphatic heterocycles. The topological polar surface area (TPSA) is 93.2 Å². The molecule has 0 spiro atoms. The van der Waals surface area contributed by atoms with Crippen LogP contribution in [0.1, 0.15) is 33.7 Å². The van der Waals surface area contributed by atoms with Crippen LogP contribution in [0, 0.1) is 0 Å². The number of rotatable bonds is 5. The predicted octanol–water partition coefficient (Wildman–Crippen LogP) is 1.90. The van der Waals surface area contributed by atoms with E-state index in [1.807, 2.05) is 0 Å². The minimum absolute atomic E-state index is 0.207. The van der Waals surface area contributed by atoms with Crippen molar-refractivity contribution >= 4 is 23.5 Å². The van der Waals surface area contributed by atoms with Gasteiger partial charge in [0.2, 0.25) is 5.95 Å². The van der Waals surface area contributed by atoms with Crippen LogP contribution >= 0.6 is 0 Å². The van der Waals surface area contributed by atoms with Crippen LogP contribution in [-0.2, 0) is 4.74 Å². The zero-order valence-electron chi connectivity index (χ0n) is 12.6. The number of ether oxygens (including phenoxy) is 1. The first kappa shape index (κ1) is 15.0. The fourth-order valence-corrected chi connectivity index (χ4v) is 2.00. The van der Waals surface area contributed by atoms with Gasteiger partial charge in [-0.2, -0.15) is 0 Å². The molecule has 2 N–H and O–H groups in total. The number of nitrogens with one attached hydrogen (secondary N) is 2. The van der Waals surface area contributed by atoms with E-state index in [9.17, 15) is 9.59 Å². The molecule has 1 aromatic heterocycles. The molecule has 23 heavy (non-hydrogen) atoms. The van der Waals surface area contributed by atoms with Crippen molar-refractivity contribution in [3.63, 3.8) is 0 Å². The van der Waals surface area contributed by atoms with Crippen LogP contribution in [0.2, 0.25) is 0 Å². The molecule has 0 unspecified atom stereocenters. The number of hydrogen-bond donors (Lipinski definition) is 2. The fourth-order valence-electron chi connectivity index (χ4n) is 2.00. The lowest BCUT2D eigenvalue weighted by atomic mass is 10.2. The summed E-state index contributed by atoms with van der Waals surface area (Å²) in [7, 11) is 1.33. The minimum Gasteiger partial charge on any atom is -0.465 e. The SMILES string of the molecule is COC(=O)c1cccc(Nc2nccc(C(=O)NC3CC3)n2)c1. The molecule has 1 fully saturated rings. The zero-order valence-corrected chi connectivity index (χ0v) is 12.6. The Morgan fingerprint density at radius 3 is 2.83 bits per heavy atom. The number of aromatic nitrogens is 2. The first-order valence-electron chi connectivity index (χ1n) is 7.25. The second-order valence-electron chi connectivity index (χ2n) is 5.21. The van der Waals surface area contributed by atoms with Crippen molar-refractivity contribution in [3.8, 4) is 0 Å². The Hall–Kier alpha value is -2.96. The molecule has 118 valence electrons. The average molecular weight is 312 g/mol. The van der Waals surface area contributed by atoms with Gasteiger partial charge in [-0.3, -0.25) is 4.79 Å². The molecule has 0 saturated heterocycles. The van der Waals surface area contributed by atoms with E-state index in [1.54, 1.807) is 30.3 Å². The van der Waals surface area contributed by atoms with Crippen LogP contribution in [-0.4, -0.2) is 35.0 Å². The van der Waals surface area contributed by atoms with E-state index >= 15 is 0 Å². The van der Waals surface area contributed by atoms with E-state index in [1.165, 1.54) is 13.3 Å². The van der Waals surface area contributed by atoms with Crippen LogP contribution in [0.15, 0.2) is 36.5 Å². The lowest BCUT2D eigenvalue weighted by Gasteiger charge is -2.08. The Bertz CT molecular complexity index is 744. The Balaban J connectivity index is 1.74. The number of methoxy groups -OCH3 is 1. The molecule has 1 aliphatic carbocycles. The van der Waals surface area contributed by atoms with E-state index in [2.05, 4.69) is 25.3 Å². The van der Waals surface area contributed by atoms with Gasteiger partial charge in [-0.1, -0.05) is 6.07 Å². The number of esters is 1. The number of hydrogen-bond acceptors (Lipinski definition) is 6. The molecule has 0 atom stereocenters. The van der Waals surface area contributed by atoms with Crippen molar-refractivity contribution in [2.45, 2.75) is 18.9 Å². The smallest absolute Gasteiger partial charge is 0.337 e. The summed E-state index contributed by atoms with van der Waals surface area (Å²) in [5, 5.41) is 5.85. The molecule has 1 amide bonds. The largest absolute Gasteiger partial charge is 0.465 e. The van der Waals surface area contributed by atoms with Crippen molar-refractivity contribution in [1.29, 1.82) is 0 Å². The highest BCUT2D eigenvalue weighted by Crippen LogP contribution is 2.19. The maximum Gasteiger partial charge on any atom is 0.337 e. The highest BCUT2D eigenvalue weighted by atomic mass is 16.5. The number of benzene rings is 1. The molecular formula is C16H16N4O3. The standard InChI is InChI=1S/C16H16N4O3/c1-23-15(22)10-3-2-4-12(9-10)19-16-17-8-7-13(20-16)14(21)18-11-5-6-11/h2-4,7-9,11H,5-6H2,1H3,(H,18,21)(H,17,19,20). The van der Waals surface area contributed by atoms with E-state index in [0.717, 1.165) is 12.8 Å². The number of carbonyl (C=O) groups excluding carboxylic acids is 2. The van der Waals surface area contributed by atoms with Gasteiger partial charge in [0.1, 0.15) is 5.69 Å². The molecule has 7 heteroatoms. The van der Waals surface area contributed by atoms with Gasteiger partial charge < -0.3 is 15.4 Å². The normalized spacial score (nSPS) is 13.3. The van der Waals surface area contributed by atoms with Gasteiger partial charge in [0.15, 0.2) is 0 Å². The first-order chi connectivity index (χ1) is 11.2. The number of amides is 1. The number of carbonyl (C=O) groups is 2. The fraction of sp³-hybridized carbons (Fsp3) is 0.250. The van der Waals surface area contributed by atoms with E-state index in [-0.39, 0.29) is 17.9 Å². The maximum absolute atomic E-state index is 12.0. The van der Waals surface area contributed by atoms with Crippen LogP contribution in [0.3, 0.4) is 0 Å². The maximum atomic E-state index is 12.0. The third-order valence-electron chi connectivity index (χ3n) is 3.34. The lowest BCUT2D eigenvalue weighted by molar-refractivity contribution is 0.0600. The van der Waals surface area contributed by atoms with Crippen molar-refractivity contribution < 1.29 is 14.3 Å². The Labute approximate surface area is 133 Å². The summed E-state index contributed by atoms with van der Waals surface area (Å²) in [5.41, 5.74) is 1.35. The molecule has 1 saturated carbocycles. The molecule has 1 aromatic carbocycles. The molecule has 1 heterocycles. The summed E-state index contributed by atoms with van der Waals surface area (Å²) >= 11 is 0. The summed E-state index contributed by atoms with van der Waals surface area (Å²) in [5.74, 6) is -0.344. The second kappa shape index (κ2) is 6.43. The van der Waals surface area contributed by atoms with Gasteiger partial charge in [0.05, 0.1) is 12.7 Å². The third-order valence-corrected chi connectivity index (χ3v) is 3.34. The summed E-state index contributed by atoms with van der Waals surface area (Å²) in [6, 6.07) is 8.60. The third kappa shape index (κ3) is 3.82. The van der Waals surface area contributed by atoms with Crippen molar-refractivity contribution in [3.05, 3.63) is 47.8 Å². The van der Waals surface area contributed by atoms with Gasteiger partial charge in [-0.25, -0.2) is 14.8 Å². The predicted molar refractivity (Wildman–Crippen MR) is 83.6 cm³/mol. The molecule has 3 rings (SSSR count). The second-order valence-corrected chi connectivity index (χ2v) is 5.21. The average Bonchev–Trinajstić information content (AvgIpc) is 3.38. The molecule has 7 nitrogen and oxygen atoms in total. The van der Waals surface area contributed by atoms with Crippen LogP contribution < -0.4 is 10.6 Å². The quantitative estimate of drug-likeness (QED) is 0.819. The number of anilines is 2. The number of nitrogens with zero attached hydrogens (tertiary/aromatic N) is 2. The summed E-state index contributed by atoms with van der Waals surface area (Å²) in [4.78, 5) is 31.8. The summed E-state index contributed by atoms with van der Waals surface area (Å²) in [6.45, 7) is 0. The van der Waals surface area contributed by atoms with Gasteiger partial charge in [0.25, 0.3) is 5.91 Å². The van der Waals surface area contributed by atoms with E-state index < -0.39 is 5.97 Å². The van der Waals surface area contributed by atoms with E-state index in [4.69, 9.17) is 0 Å². The highest BCUT2D eigenvalue weighted by Gasteiger charge is 2.24. The van der Waals surface area contributed by atoms with Crippen molar-refractivity contribution in [1.82, 2.24) is 15.3 Å². The van der Waals surface area contributed by atoms with Crippen LogP contribution in [0.5, 0.6) is 0 Å². The van der Waals surface area contributed by atoms with Gasteiger partial charge in [0, 0.05) is 17.9 Å². The van der Waals surface area contributed by atoms with Crippen LogP contribution in [0.4, 0.5) is 11.6 Å². The van der Waals surface area contributed by atoms with Gasteiger partial charge >= 0.3 is 5.97 Å². The van der Waals surface area contributed by atoms with Gasteiger partial charge in [-0.15, -0.1) is 0 Å². The summed E-state index contributed by atoms with van der Waals surface area (Å²) < 4.78 is 4.68. The van der Waals surface area contributed by atoms with Gasteiger partial charge in [-0.05, 0) is 37.1 Å². The molecule has 2 aromatic rings. The molecular weight excluding hydrogens is 296 g/mol. The first-order valence-corrected chi connectivity index (χ1v) is 7.25. The van der Waals surface area contributed by atoms with Crippen molar-refractivity contribution in [2.75, 3.05) is 12.4 Å². The van der Waals surface area contributed by atoms with E-state index in [0.29, 0.717) is 16.9 Å². The summed E-state index contributed by atoms with van der Waals surface area (Å²) in [6.07, 6.45) is 3.55. The Kier molecular flexibility index (Phi) is 4.18. The molecule has 1 aliphatic rings. The lowest BCUT2D eigenvalue weighted by Crippen LogP contribution is -2.26. The Morgan fingerprint density at radius 2 is 2.09 bits per heavy atom. The molecule has 0 radical (unpaired) electrons. The van der Waals surface area contributed by atoms with Crippen LogP contribution in [0.25, 0.3) is 0 Å². The monoisotopic (exact) mass is 312 g/mol.